The summed E-state index contributed by atoms with van der Waals surface area (Å²) >= 11 is 6.23. The number of hydrogen-bond donors (Lipinski definition) is 1. The first-order valence-corrected chi connectivity index (χ1v) is 7.28. The number of methoxy groups -OCH3 is 3. The Labute approximate surface area is 130 Å². The van der Waals surface area contributed by atoms with Crippen molar-refractivity contribution in [3.05, 3.63) is 22.7 Å². The van der Waals surface area contributed by atoms with E-state index in [1.54, 1.807) is 21.3 Å². The number of benzene rings is 1. The second kappa shape index (κ2) is 7.31. The van der Waals surface area contributed by atoms with Crippen LogP contribution in [-0.2, 0) is 11.3 Å². The molecule has 1 aliphatic heterocycles. The molecular weight excluding hydrogens is 294 g/mol. The molecule has 6 heteroatoms. The monoisotopic (exact) mass is 315 g/mol. The Balaban J connectivity index is 2.17. The zero-order chi connectivity index (χ0) is 15.4. The zero-order valence-corrected chi connectivity index (χ0v) is 13.4. The highest BCUT2D eigenvalue weighted by molar-refractivity contribution is 6.32. The molecule has 0 spiro atoms. The summed E-state index contributed by atoms with van der Waals surface area (Å²) in [6, 6.07) is 3.90. The Kier molecular flexibility index (Phi) is 5.70. The Morgan fingerprint density at radius 1 is 1.29 bits per heavy atom. The summed E-state index contributed by atoms with van der Waals surface area (Å²) in [6.07, 6.45) is 1.01. The van der Waals surface area contributed by atoms with Gasteiger partial charge in [-0.2, -0.15) is 0 Å². The SMILES string of the molecule is COc1cc(CN2C[C@H](OC)C[C@H]2CO)cc(Cl)c1OC. The molecule has 2 atom stereocenters. The number of halogens is 1. The molecule has 1 N–H and O–H groups in total. The molecule has 1 aromatic rings. The summed E-state index contributed by atoms with van der Waals surface area (Å²) in [7, 11) is 4.86. The molecule has 0 bridgehead atoms. The maximum atomic E-state index is 9.50. The zero-order valence-electron chi connectivity index (χ0n) is 12.6. The Morgan fingerprint density at radius 3 is 2.62 bits per heavy atom. The van der Waals surface area contributed by atoms with Crippen LogP contribution in [0.3, 0.4) is 0 Å². The highest BCUT2D eigenvalue weighted by Gasteiger charge is 2.31. The van der Waals surface area contributed by atoms with Gasteiger partial charge in [-0.25, -0.2) is 0 Å². The normalized spacial score (nSPS) is 22.5. The van der Waals surface area contributed by atoms with Gasteiger partial charge in [0.15, 0.2) is 11.5 Å². The first-order valence-electron chi connectivity index (χ1n) is 6.91. The molecule has 2 rings (SSSR count). The van der Waals surface area contributed by atoms with Gasteiger partial charge in [0.1, 0.15) is 0 Å². The second-order valence-electron chi connectivity index (χ2n) is 5.17. The fourth-order valence-corrected chi connectivity index (χ4v) is 3.10. The Bertz CT molecular complexity index is 483. The van der Waals surface area contributed by atoms with Crippen LogP contribution in [0.15, 0.2) is 12.1 Å². The van der Waals surface area contributed by atoms with Gasteiger partial charge < -0.3 is 19.3 Å². The van der Waals surface area contributed by atoms with E-state index in [2.05, 4.69) is 4.90 Å². The topological polar surface area (TPSA) is 51.2 Å². The van der Waals surface area contributed by atoms with E-state index in [0.717, 1.165) is 18.5 Å². The standard InChI is InChI=1S/C15H22ClNO4/c1-19-12-6-11(9-18)17(8-12)7-10-4-13(16)15(21-3)14(5-10)20-2/h4-5,11-12,18H,6-9H2,1-3H3/t11-,12+/m0/s1. The minimum absolute atomic E-state index is 0.113. The number of aliphatic hydroxyl groups is 1. The van der Waals surface area contributed by atoms with Gasteiger partial charge in [0.05, 0.1) is 32.0 Å². The molecule has 21 heavy (non-hydrogen) atoms. The lowest BCUT2D eigenvalue weighted by molar-refractivity contribution is 0.107. The van der Waals surface area contributed by atoms with E-state index in [9.17, 15) is 5.11 Å². The van der Waals surface area contributed by atoms with Crippen LogP contribution in [0.4, 0.5) is 0 Å². The third kappa shape index (κ3) is 3.61. The lowest BCUT2D eigenvalue weighted by atomic mass is 10.1. The molecule has 1 saturated heterocycles. The highest BCUT2D eigenvalue weighted by Crippen LogP contribution is 2.36. The lowest BCUT2D eigenvalue weighted by Crippen LogP contribution is -2.31. The summed E-state index contributed by atoms with van der Waals surface area (Å²) < 4.78 is 15.9. The predicted octanol–water partition coefficient (Wildman–Crippen LogP) is 1.94. The summed E-state index contributed by atoms with van der Waals surface area (Å²) in [5, 5.41) is 10.0. The van der Waals surface area contributed by atoms with Crippen LogP contribution in [0.5, 0.6) is 11.5 Å². The largest absolute Gasteiger partial charge is 0.493 e. The summed E-state index contributed by atoms with van der Waals surface area (Å²) in [6.45, 7) is 1.61. The molecule has 0 radical (unpaired) electrons. The van der Waals surface area contributed by atoms with E-state index in [0.29, 0.717) is 23.1 Å². The number of rotatable bonds is 6. The van der Waals surface area contributed by atoms with E-state index in [1.807, 2.05) is 12.1 Å². The van der Waals surface area contributed by atoms with Crippen molar-refractivity contribution in [1.29, 1.82) is 0 Å². The summed E-state index contributed by atoms with van der Waals surface area (Å²) in [5.74, 6) is 1.15. The number of aliphatic hydroxyl groups excluding tert-OH is 1. The second-order valence-corrected chi connectivity index (χ2v) is 5.58. The maximum absolute atomic E-state index is 9.50. The molecule has 118 valence electrons. The van der Waals surface area contributed by atoms with Crippen LogP contribution in [0.2, 0.25) is 5.02 Å². The van der Waals surface area contributed by atoms with Gasteiger partial charge in [-0.3, -0.25) is 4.90 Å². The van der Waals surface area contributed by atoms with Crippen LogP contribution < -0.4 is 9.47 Å². The van der Waals surface area contributed by atoms with Gasteiger partial charge in [0.2, 0.25) is 0 Å². The van der Waals surface area contributed by atoms with Crippen LogP contribution in [0.25, 0.3) is 0 Å². The Morgan fingerprint density at radius 2 is 2.05 bits per heavy atom. The Hall–Kier alpha value is -1.01. The molecular formula is C15H22ClNO4. The van der Waals surface area contributed by atoms with E-state index in [-0.39, 0.29) is 18.8 Å². The van der Waals surface area contributed by atoms with Gasteiger partial charge in [-0.15, -0.1) is 0 Å². The molecule has 0 aliphatic carbocycles. The summed E-state index contributed by atoms with van der Waals surface area (Å²) in [4.78, 5) is 2.20. The predicted molar refractivity (Wildman–Crippen MR) is 81.3 cm³/mol. The highest BCUT2D eigenvalue weighted by atomic mass is 35.5. The van der Waals surface area contributed by atoms with Crippen molar-refractivity contribution >= 4 is 11.6 Å². The average molecular weight is 316 g/mol. The molecule has 1 aromatic carbocycles. The molecule has 0 aromatic heterocycles. The third-order valence-corrected chi connectivity index (χ3v) is 4.19. The van der Waals surface area contributed by atoms with Crippen LogP contribution in [0, 0.1) is 0 Å². The van der Waals surface area contributed by atoms with Crippen LogP contribution in [-0.4, -0.2) is 56.6 Å². The molecule has 0 saturated carbocycles. The first kappa shape index (κ1) is 16.4. The van der Waals surface area contributed by atoms with Crippen LogP contribution >= 0.6 is 11.6 Å². The van der Waals surface area contributed by atoms with E-state index < -0.39 is 0 Å². The van der Waals surface area contributed by atoms with E-state index in [1.165, 1.54) is 0 Å². The number of nitrogens with zero attached hydrogens (tertiary/aromatic N) is 1. The van der Waals surface area contributed by atoms with Gasteiger partial charge in [0, 0.05) is 26.2 Å². The van der Waals surface area contributed by atoms with Crippen molar-refractivity contribution in [2.75, 3.05) is 34.5 Å². The maximum Gasteiger partial charge on any atom is 0.179 e. The lowest BCUT2D eigenvalue weighted by Gasteiger charge is -2.23. The van der Waals surface area contributed by atoms with Crippen molar-refractivity contribution < 1.29 is 19.3 Å². The van der Waals surface area contributed by atoms with Crippen molar-refractivity contribution in [3.8, 4) is 11.5 Å². The molecule has 1 fully saturated rings. The van der Waals surface area contributed by atoms with Crippen molar-refractivity contribution in [1.82, 2.24) is 4.90 Å². The fourth-order valence-electron chi connectivity index (χ4n) is 2.79. The first-order chi connectivity index (χ1) is 10.1. The smallest absolute Gasteiger partial charge is 0.179 e. The van der Waals surface area contributed by atoms with Gasteiger partial charge in [-0.1, -0.05) is 11.6 Å². The minimum Gasteiger partial charge on any atom is -0.493 e. The molecule has 5 nitrogen and oxygen atoms in total. The molecule has 0 unspecified atom stereocenters. The minimum atomic E-state index is 0.113. The van der Waals surface area contributed by atoms with E-state index >= 15 is 0 Å². The van der Waals surface area contributed by atoms with E-state index in [4.69, 9.17) is 25.8 Å². The van der Waals surface area contributed by atoms with Gasteiger partial charge in [-0.05, 0) is 24.1 Å². The van der Waals surface area contributed by atoms with Crippen molar-refractivity contribution in [2.24, 2.45) is 0 Å². The quantitative estimate of drug-likeness (QED) is 0.869. The third-order valence-electron chi connectivity index (χ3n) is 3.91. The summed E-state index contributed by atoms with van der Waals surface area (Å²) in [5.41, 5.74) is 1.02. The van der Waals surface area contributed by atoms with Gasteiger partial charge in [0.25, 0.3) is 0 Å². The molecule has 1 heterocycles. The van der Waals surface area contributed by atoms with Crippen LogP contribution in [0.1, 0.15) is 12.0 Å². The molecule has 0 amide bonds. The molecule has 1 aliphatic rings. The number of hydrogen-bond acceptors (Lipinski definition) is 5. The number of ether oxygens (including phenoxy) is 3. The average Bonchev–Trinajstić information content (AvgIpc) is 2.88. The fraction of sp³-hybridized carbons (Fsp3) is 0.600. The van der Waals surface area contributed by atoms with Crippen molar-refractivity contribution in [2.45, 2.75) is 25.1 Å². The van der Waals surface area contributed by atoms with Gasteiger partial charge >= 0.3 is 0 Å². The number of likely N-dealkylation sites (tertiary alicyclic amines) is 1. The van der Waals surface area contributed by atoms with Crippen molar-refractivity contribution in [3.63, 3.8) is 0 Å².